The van der Waals surface area contributed by atoms with Crippen LogP contribution in [0.15, 0.2) is 72.8 Å². The number of hydrogen-bond acceptors (Lipinski definition) is 3. The van der Waals surface area contributed by atoms with Gasteiger partial charge in [0.15, 0.2) is 0 Å². The van der Waals surface area contributed by atoms with Crippen molar-refractivity contribution in [3.8, 4) is 16.9 Å². The van der Waals surface area contributed by atoms with Gasteiger partial charge in [0.2, 0.25) is 0 Å². The number of amides is 1. The van der Waals surface area contributed by atoms with E-state index >= 15 is 0 Å². The molecule has 7 rings (SSSR count). The van der Waals surface area contributed by atoms with Gasteiger partial charge in [0.1, 0.15) is 18.2 Å². The second-order valence-corrected chi connectivity index (χ2v) is 11.2. The number of rotatable bonds is 6. The molecule has 0 N–H and O–H groups in total. The van der Waals surface area contributed by atoms with E-state index in [1.807, 2.05) is 4.90 Å². The maximum atomic E-state index is 14.3. The number of carbonyl (C=O) groups excluding carboxylic acids is 1. The Morgan fingerprint density at radius 1 is 0.868 bits per heavy atom. The summed E-state index contributed by atoms with van der Waals surface area (Å²) in [6, 6.07) is 21.6. The average molecular weight is 510 g/mol. The van der Waals surface area contributed by atoms with Gasteiger partial charge in [-0.15, -0.1) is 0 Å². The van der Waals surface area contributed by atoms with Gasteiger partial charge in [-0.05, 0) is 90.5 Å². The number of benzene rings is 3. The molecule has 2 heterocycles. The molecule has 4 nitrogen and oxygen atoms in total. The zero-order valence-corrected chi connectivity index (χ0v) is 21.4. The topological polar surface area (TPSA) is 38.8 Å². The van der Waals surface area contributed by atoms with Gasteiger partial charge in [0, 0.05) is 17.5 Å². The molecule has 2 aliphatic carbocycles. The minimum Gasteiger partial charge on any atom is -0.493 e. The molecule has 1 amide bonds. The van der Waals surface area contributed by atoms with E-state index in [-0.39, 0.29) is 29.9 Å². The highest BCUT2D eigenvalue weighted by Crippen LogP contribution is 2.45. The van der Waals surface area contributed by atoms with E-state index in [0.717, 1.165) is 36.1 Å². The van der Waals surface area contributed by atoms with Gasteiger partial charge in [-0.25, -0.2) is 9.18 Å². The van der Waals surface area contributed by atoms with Crippen LogP contribution in [-0.4, -0.2) is 36.3 Å². The minimum absolute atomic E-state index is 0.0422. The molecule has 38 heavy (non-hydrogen) atoms. The normalized spacial score (nSPS) is 21.9. The molecule has 2 fully saturated rings. The molecule has 4 aliphatic rings. The number of hydrogen-bond donors (Lipinski definition) is 0. The first kappa shape index (κ1) is 23.5. The fraction of sp³-hybridized carbons (Fsp3) is 0.364. The number of fused-ring (bicyclic) bond motifs is 5. The Bertz CT molecular complexity index is 1370. The lowest BCUT2D eigenvalue weighted by Gasteiger charge is -2.44. The Morgan fingerprint density at radius 3 is 2.32 bits per heavy atom. The third-order valence-corrected chi connectivity index (χ3v) is 8.64. The van der Waals surface area contributed by atoms with Crippen molar-refractivity contribution in [2.24, 2.45) is 5.92 Å². The van der Waals surface area contributed by atoms with Crippen LogP contribution < -0.4 is 4.74 Å². The van der Waals surface area contributed by atoms with Gasteiger partial charge >= 0.3 is 6.09 Å². The summed E-state index contributed by atoms with van der Waals surface area (Å²) in [6.07, 6.45) is 7.88. The van der Waals surface area contributed by atoms with Crippen molar-refractivity contribution in [1.82, 2.24) is 4.90 Å². The van der Waals surface area contributed by atoms with Crippen LogP contribution in [0.5, 0.6) is 5.75 Å². The fourth-order valence-corrected chi connectivity index (χ4v) is 6.55. The third-order valence-electron chi connectivity index (χ3n) is 8.64. The summed E-state index contributed by atoms with van der Waals surface area (Å²) in [6.45, 7) is 1.01. The summed E-state index contributed by atoms with van der Waals surface area (Å²) >= 11 is 0. The van der Waals surface area contributed by atoms with Crippen LogP contribution >= 0.6 is 0 Å². The Balaban J connectivity index is 1.11. The van der Waals surface area contributed by atoms with Crippen molar-refractivity contribution < 1.29 is 18.7 Å². The smallest absolute Gasteiger partial charge is 0.410 e. The van der Waals surface area contributed by atoms with E-state index in [1.54, 1.807) is 12.1 Å². The zero-order chi connectivity index (χ0) is 25.6. The number of nitrogens with zero attached hydrogens (tertiary/aromatic N) is 1. The molecular weight excluding hydrogens is 477 g/mol. The molecule has 1 saturated carbocycles. The summed E-state index contributed by atoms with van der Waals surface area (Å²) in [5.74, 6) is 1.15. The lowest BCUT2D eigenvalue weighted by atomic mass is 9.83. The van der Waals surface area contributed by atoms with Crippen molar-refractivity contribution in [2.45, 2.75) is 56.5 Å². The van der Waals surface area contributed by atoms with E-state index in [0.29, 0.717) is 25.6 Å². The predicted molar refractivity (Wildman–Crippen MR) is 146 cm³/mol. The Morgan fingerprint density at radius 2 is 1.61 bits per heavy atom. The first-order chi connectivity index (χ1) is 18.7. The lowest BCUT2D eigenvalue weighted by Crippen LogP contribution is -2.51. The van der Waals surface area contributed by atoms with E-state index in [9.17, 15) is 9.18 Å². The second kappa shape index (κ2) is 9.61. The zero-order valence-electron chi connectivity index (χ0n) is 21.4. The minimum atomic E-state index is -0.260. The van der Waals surface area contributed by atoms with Gasteiger partial charge < -0.3 is 9.47 Å². The standard InChI is InChI=1S/C33H32FNO3/c34-23-14-15-32(37-19-21-12-13-21)30(18-23)22-16-24-6-5-7-25(17-22)35(24)33(36)38-20-31-28-10-3-1-8-26(28)27-9-2-4-11-29(27)31/h1-4,8-11,14-16,18,21,24-25,31H,5-7,12-13,17,19-20H2. The molecule has 2 aliphatic heterocycles. The molecule has 0 spiro atoms. The monoisotopic (exact) mass is 509 g/mol. The highest BCUT2D eigenvalue weighted by Gasteiger charge is 2.39. The van der Waals surface area contributed by atoms with E-state index < -0.39 is 0 Å². The van der Waals surface area contributed by atoms with Crippen molar-refractivity contribution in [2.75, 3.05) is 13.2 Å². The first-order valence-electron chi connectivity index (χ1n) is 13.9. The van der Waals surface area contributed by atoms with Crippen molar-refractivity contribution >= 4 is 11.7 Å². The van der Waals surface area contributed by atoms with Gasteiger partial charge in [-0.1, -0.05) is 54.6 Å². The molecule has 0 aromatic heterocycles. The summed E-state index contributed by atoms with van der Waals surface area (Å²) in [5.41, 5.74) is 6.78. The lowest BCUT2D eigenvalue weighted by molar-refractivity contribution is 0.0538. The quantitative estimate of drug-likeness (QED) is 0.344. The van der Waals surface area contributed by atoms with Gasteiger partial charge in [-0.2, -0.15) is 0 Å². The van der Waals surface area contributed by atoms with Crippen LogP contribution in [0.3, 0.4) is 0 Å². The van der Waals surface area contributed by atoms with Crippen LogP contribution in [-0.2, 0) is 4.74 Å². The fourth-order valence-electron chi connectivity index (χ4n) is 6.55. The molecule has 5 heteroatoms. The van der Waals surface area contributed by atoms with Crippen molar-refractivity contribution in [3.05, 3.63) is 95.3 Å². The average Bonchev–Trinajstić information content (AvgIpc) is 3.71. The summed E-state index contributed by atoms with van der Waals surface area (Å²) < 4.78 is 26.5. The summed E-state index contributed by atoms with van der Waals surface area (Å²) in [4.78, 5) is 15.5. The Kier molecular flexibility index (Phi) is 5.95. The van der Waals surface area contributed by atoms with Crippen LogP contribution in [0.2, 0.25) is 0 Å². The summed E-state index contributed by atoms with van der Waals surface area (Å²) in [7, 11) is 0. The molecule has 1 saturated heterocycles. The molecule has 194 valence electrons. The van der Waals surface area contributed by atoms with E-state index in [2.05, 4.69) is 54.6 Å². The molecule has 2 unspecified atom stereocenters. The molecular formula is C33H32FNO3. The van der Waals surface area contributed by atoms with Crippen LogP contribution in [0, 0.1) is 11.7 Å². The molecule has 3 aromatic rings. The van der Waals surface area contributed by atoms with Crippen molar-refractivity contribution in [3.63, 3.8) is 0 Å². The summed E-state index contributed by atoms with van der Waals surface area (Å²) in [5, 5.41) is 0. The maximum Gasteiger partial charge on any atom is 0.410 e. The van der Waals surface area contributed by atoms with Gasteiger partial charge in [0.05, 0.1) is 12.6 Å². The van der Waals surface area contributed by atoms with E-state index in [1.165, 1.54) is 41.2 Å². The van der Waals surface area contributed by atoms with Crippen LogP contribution in [0.4, 0.5) is 9.18 Å². The van der Waals surface area contributed by atoms with Crippen LogP contribution in [0.1, 0.15) is 61.1 Å². The highest BCUT2D eigenvalue weighted by atomic mass is 19.1. The Hall–Kier alpha value is -3.60. The molecule has 0 radical (unpaired) electrons. The maximum absolute atomic E-state index is 14.3. The SMILES string of the molecule is O=C(OCC1c2ccccc2-c2ccccc21)N1C2C=C(c3cc(F)ccc3OCC3CC3)CC1CCC2. The number of halogens is 1. The highest BCUT2D eigenvalue weighted by molar-refractivity contribution is 5.80. The van der Waals surface area contributed by atoms with E-state index in [4.69, 9.17) is 9.47 Å². The molecule has 2 bridgehead atoms. The molecule has 3 aromatic carbocycles. The van der Waals surface area contributed by atoms with Crippen molar-refractivity contribution in [1.29, 1.82) is 0 Å². The Labute approximate surface area is 223 Å². The van der Waals surface area contributed by atoms with Gasteiger partial charge in [0.25, 0.3) is 0 Å². The van der Waals surface area contributed by atoms with Crippen LogP contribution in [0.25, 0.3) is 16.7 Å². The number of carbonyl (C=O) groups is 1. The predicted octanol–water partition coefficient (Wildman–Crippen LogP) is 7.57. The second-order valence-electron chi connectivity index (χ2n) is 11.2. The largest absolute Gasteiger partial charge is 0.493 e. The molecule has 2 atom stereocenters. The number of ether oxygens (including phenoxy) is 2. The third kappa shape index (κ3) is 4.28. The first-order valence-corrected chi connectivity index (χ1v) is 13.9. The van der Waals surface area contributed by atoms with Gasteiger partial charge in [-0.3, -0.25) is 4.90 Å². The number of piperidine rings is 1.